The number of nitrogen functional groups attached to an aromatic ring is 1. The molecule has 0 heterocycles. The lowest BCUT2D eigenvalue weighted by molar-refractivity contribution is -0.139. The Hall–Kier alpha value is -1.75. The summed E-state index contributed by atoms with van der Waals surface area (Å²) in [5.74, 6) is -1.55. The number of aliphatic carboxylic acids is 1. The van der Waals surface area contributed by atoms with Crippen LogP contribution in [-0.4, -0.2) is 23.0 Å². The van der Waals surface area contributed by atoms with E-state index in [9.17, 15) is 9.59 Å². The van der Waals surface area contributed by atoms with Crippen molar-refractivity contribution < 1.29 is 14.7 Å². The third-order valence-electron chi connectivity index (χ3n) is 2.27. The van der Waals surface area contributed by atoms with Crippen molar-refractivity contribution in [3.05, 3.63) is 28.8 Å². The van der Waals surface area contributed by atoms with Gasteiger partial charge in [-0.05, 0) is 24.6 Å². The maximum Gasteiger partial charge on any atom is 0.326 e. The van der Waals surface area contributed by atoms with Gasteiger partial charge < -0.3 is 16.2 Å². The van der Waals surface area contributed by atoms with Crippen LogP contribution in [0.3, 0.4) is 0 Å². The number of anilines is 1. The fraction of sp³-hybridized carbons (Fsp3) is 0.273. The molecule has 0 aliphatic rings. The molecule has 5 nitrogen and oxygen atoms in total. The van der Waals surface area contributed by atoms with Crippen LogP contribution >= 0.6 is 11.6 Å². The molecule has 0 aliphatic carbocycles. The minimum absolute atomic E-state index is 0.265. The van der Waals surface area contributed by atoms with Crippen LogP contribution in [0.25, 0.3) is 0 Å². The predicted octanol–water partition coefficient (Wildman–Crippen LogP) is 1.52. The molecule has 0 spiro atoms. The molecule has 4 N–H and O–H groups in total. The average molecular weight is 257 g/mol. The summed E-state index contributed by atoms with van der Waals surface area (Å²) in [5.41, 5.74) is 6.16. The topological polar surface area (TPSA) is 92.4 Å². The van der Waals surface area contributed by atoms with Crippen molar-refractivity contribution in [2.45, 2.75) is 19.4 Å². The molecule has 1 atom stereocenters. The van der Waals surface area contributed by atoms with Crippen LogP contribution in [0.4, 0.5) is 5.69 Å². The zero-order chi connectivity index (χ0) is 13.0. The van der Waals surface area contributed by atoms with Gasteiger partial charge in [0.1, 0.15) is 6.04 Å². The Kier molecular flexibility index (Phi) is 4.34. The second-order valence-corrected chi connectivity index (χ2v) is 3.92. The van der Waals surface area contributed by atoms with Crippen molar-refractivity contribution in [3.8, 4) is 0 Å². The SMILES string of the molecule is CC[C@@H](NC(=O)c1ccc(N)c(Cl)c1)C(=O)O. The first kappa shape index (κ1) is 13.3. The van der Waals surface area contributed by atoms with Gasteiger partial charge in [-0.15, -0.1) is 0 Å². The summed E-state index contributed by atoms with van der Waals surface area (Å²) in [6.45, 7) is 1.68. The van der Waals surface area contributed by atoms with Crippen molar-refractivity contribution >= 4 is 29.2 Å². The van der Waals surface area contributed by atoms with Gasteiger partial charge in [-0.3, -0.25) is 4.79 Å². The highest BCUT2D eigenvalue weighted by Gasteiger charge is 2.18. The fourth-order valence-corrected chi connectivity index (χ4v) is 1.43. The van der Waals surface area contributed by atoms with Crippen LogP contribution in [0.15, 0.2) is 18.2 Å². The van der Waals surface area contributed by atoms with Crippen LogP contribution in [0, 0.1) is 0 Å². The second-order valence-electron chi connectivity index (χ2n) is 3.51. The van der Waals surface area contributed by atoms with Gasteiger partial charge in [0.15, 0.2) is 0 Å². The number of rotatable bonds is 4. The molecule has 1 amide bonds. The molecule has 17 heavy (non-hydrogen) atoms. The van der Waals surface area contributed by atoms with Crippen LogP contribution < -0.4 is 11.1 Å². The molecule has 6 heteroatoms. The van der Waals surface area contributed by atoms with Crippen molar-refractivity contribution in [2.75, 3.05) is 5.73 Å². The van der Waals surface area contributed by atoms with Gasteiger partial charge in [-0.2, -0.15) is 0 Å². The van der Waals surface area contributed by atoms with E-state index < -0.39 is 17.9 Å². The van der Waals surface area contributed by atoms with E-state index in [-0.39, 0.29) is 10.6 Å². The van der Waals surface area contributed by atoms with Crippen LogP contribution in [0.1, 0.15) is 23.7 Å². The van der Waals surface area contributed by atoms with Crippen LogP contribution in [0.2, 0.25) is 5.02 Å². The van der Waals surface area contributed by atoms with Gasteiger partial charge >= 0.3 is 5.97 Å². The molecule has 0 radical (unpaired) electrons. The van der Waals surface area contributed by atoms with Gasteiger partial charge in [0.2, 0.25) is 0 Å². The average Bonchev–Trinajstić information content (AvgIpc) is 2.28. The molecule has 0 aliphatic heterocycles. The van der Waals surface area contributed by atoms with Crippen molar-refractivity contribution in [3.63, 3.8) is 0 Å². The largest absolute Gasteiger partial charge is 0.480 e. The third kappa shape index (κ3) is 3.35. The van der Waals surface area contributed by atoms with Crippen molar-refractivity contribution in [1.82, 2.24) is 5.32 Å². The van der Waals surface area contributed by atoms with E-state index in [0.29, 0.717) is 12.1 Å². The number of nitrogens with one attached hydrogen (secondary N) is 1. The smallest absolute Gasteiger partial charge is 0.326 e. The second kappa shape index (κ2) is 5.54. The molecule has 0 saturated carbocycles. The first-order valence-corrected chi connectivity index (χ1v) is 5.42. The number of carbonyl (C=O) groups excluding carboxylic acids is 1. The lowest BCUT2D eigenvalue weighted by Crippen LogP contribution is -2.40. The Morgan fingerprint density at radius 3 is 2.65 bits per heavy atom. The number of hydrogen-bond acceptors (Lipinski definition) is 3. The van der Waals surface area contributed by atoms with E-state index in [0.717, 1.165) is 0 Å². The number of hydrogen-bond donors (Lipinski definition) is 3. The molecule has 92 valence electrons. The molecular weight excluding hydrogens is 244 g/mol. The molecule has 1 aromatic rings. The maximum absolute atomic E-state index is 11.7. The third-order valence-corrected chi connectivity index (χ3v) is 2.60. The number of amides is 1. The fourth-order valence-electron chi connectivity index (χ4n) is 1.25. The minimum atomic E-state index is -1.07. The summed E-state index contributed by atoms with van der Waals surface area (Å²) in [7, 11) is 0. The monoisotopic (exact) mass is 256 g/mol. The summed E-state index contributed by atoms with van der Waals surface area (Å²) < 4.78 is 0. The quantitative estimate of drug-likeness (QED) is 0.712. The normalized spacial score (nSPS) is 11.9. The van der Waals surface area contributed by atoms with Crippen LogP contribution in [-0.2, 0) is 4.79 Å². The number of carbonyl (C=O) groups is 2. The summed E-state index contributed by atoms with van der Waals surface area (Å²) in [4.78, 5) is 22.5. The Balaban J connectivity index is 2.82. The zero-order valence-electron chi connectivity index (χ0n) is 9.24. The van der Waals surface area contributed by atoms with Gasteiger partial charge in [0.25, 0.3) is 5.91 Å². The van der Waals surface area contributed by atoms with E-state index in [4.69, 9.17) is 22.4 Å². The molecule has 1 rings (SSSR count). The van der Waals surface area contributed by atoms with E-state index in [2.05, 4.69) is 5.32 Å². The first-order valence-electron chi connectivity index (χ1n) is 5.04. The number of carboxylic acid groups (broad SMARTS) is 1. The molecule has 0 bridgehead atoms. The molecule has 1 aromatic carbocycles. The molecule has 0 aromatic heterocycles. The van der Waals surface area contributed by atoms with Gasteiger partial charge in [0.05, 0.1) is 10.7 Å². The summed E-state index contributed by atoms with van der Waals surface area (Å²) in [5, 5.41) is 11.5. The van der Waals surface area contributed by atoms with Crippen molar-refractivity contribution in [1.29, 1.82) is 0 Å². The lowest BCUT2D eigenvalue weighted by Gasteiger charge is -2.12. The highest BCUT2D eigenvalue weighted by molar-refractivity contribution is 6.33. The van der Waals surface area contributed by atoms with Gasteiger partial charge in [0, 0.05) is 5.56 Å². The standard InChI is InChI=1S/C11H13ClN2O3/c1-2-9(11(16)17)14-10(15)6-3-4-8(13)7(12)5-6/h3-5,9H,2,13H2,1H3,(H,14,15)(H,16,17)/t9-/m1/s1. The van der Waals surface area contributed by atoms with Crippen molar-refractivity contribution in [2.24, 2.45) is 0 Å². The highest BCUT2D eigenvalue weighted by atomic mass is 35.5. The molecule has 0 saturated heterocycles. The lowest BCUT2D eigenvalue weighted by atomic mass is 10.1. The number of carboxylic acids is 1. The molecular formula is C11H13ClN2O3. The number of benzene rings is 1. The highest BCUT2D eigenvalue weighted by Crippen LogP contribution is 2.19. The summed E-state index contributed by atoms with van der Waals surface area (Å²) >= 11 is 5.77. The van der Waals surface area contributed by atoms with Gasteiger partial charge in [-0.25, -0.2) is 4.79 Å². The van der Waals surface area contributed by atoms with Crippen LogP contribution in [0.5, 0.6) is 0 Å². The number of halogens is 1. The Bertz CT molecular complexity index is 448. The Labute approximate surface area is 104 Å². The number of nitrogens with two attached hydrogens (primary N) is 1. The Morgan fingerprint density at radius 2 is 2.18 bits per heavy atom. The predicted molar refractivity (Wildman–Crippen MR) is 65.0 cm³/mol. The first-order chi connectivity index (χ1) is 7.95. The van der Waals surface area contributed by atoms with E-state index in [1.807, 2.05) is 0 Å². The summed E-state index contributed by atoms with van der Waals surface area (Å²) in [6, 6.07) is 3.49. The van der Waals surface area contributed by atoms with E-state index in [1.165, 1.54) is 18.2 Å². The Morgan fingerprint density at radius 1 is 1.53 bits per heavy atom. The summed E-state index contributed by atoms with van der Waals surface area (Å²) in [6.07, 6.45) is 0.309. The van der Waals surface area contributed by atoms with E-state index >= 15 is 0 Å². The maximum atomic E-state index is 11.7. The zero-order valence-corrected chi connectivity index (χ0v) is 9.99. The minimum Gasteiger partial charge on any atom is -0.480 e. The van der Waals surface area contributed by atoms with Gasteiger partial charge in [-0.1, -0.05) is 18.5 Å². The molecule has 0 unspecified atom stereocenters. The molecule has 0 fully saturated rings. The van der Waals surface area contributed by atoms with E-state index in [1.54, 1.807) is 6.92 Å².